The third-order valence-corrected chi connectivity index (χ3v) is 4.97. The van der Waals surface area contributed by atoms with Gasteiger partial charge in [0.25, 0.3) is 0 Å². The van der Waals surface area contributed by atoms with Gasteiger partial charge in [0.1, 0.15) is 18.5 Å². The smallest absolute Gasteiger partial charge is 0.138 e. The number of β-amino-alcohol motifs (C(OH)–C–C–N with tert-alkyl or cyclic N) is 1. The lowest BCUT2D eigenvalue weighted by atomic mass is 10.1. The average Bonchev–Trinajstić information content (AvgIpc) is 2.62. The van der Waals surface area contributed by atoms with Crippen molar-refractivity contribution in [2.75, 3.05) is 32.8 Å². The van der Waals surface area contributed by atoms with Crippen molar-refractivity contribution in [3.63, 3.8) is 0 Å². The van der Waals surface area contributed by atoms with Crippen LogP contribution in [-0.4, -0.2) is 49.0 Å². The third kappa shape index (κ3) is 6.12. The summed E-state index contributed by atoms with van der Waals surface area (Å²) in [4.78, 5) is 2.21. The molecule has 0 radical (unpaired) electrons. The number of nitrogens with zero attached hydrogens (tertiary/aromatic N) is 1. The van der Waals surface area contributed by atoms with E-state index in [0.717, 1.165) is 23.1 Å². The lowest BCUT2D eigenvalue weighted by Crippen LogP contribution is -2.43. The van der Waals surface area contributed by atoms with Gasteiger partial charge in [-0.1, -0.05) is 51.8 Å². The Morgan fingerprint density at radius 3 is 2.69 bits per heavy atom. The lowest BCUT2D eigenvalue weighted by Gasteiger charge is -2.34. The quantitative estimate of drug-likeness (QED) is 0.693. The van der Waals surface area contributed by atoms with Gasteiger partial charge in [0.2, 0.25) is 0 Å². The lowest BCUT2D eigenvalue weighted by molar-refractivity contribution is -0.0459. The van der Waals surface area contributed by atoms with Gasteiger partial charge in [0.15, 0.2) is 0 Å². The van der Waals surface area contributed by atoms with Crippen LogP contribution >= 0.6 is 39.9 Å². The third-order valence-electron chi connectivity index (χ3n) is 4.13. The van der Waals surface area contributed by atoms with Crippen molar-refractivity contribution in [3.8, 4) is 5.75 Å². The summed E-state index contributed by atoms with van der Waals surface area (Å²) >= 11 is 9.51. The summed E-state index contributed by atoms with van der Waals surface area (Å²) in [5.74, 6) is 0.595. The Morgan fingerprint density at radius 2 is 1.96 bits per heavy atom. The number of ether oxygens (including phenoxy) is 2. The summed E-state index contributed by atoms with van der Waals surface area (Å²) in [7, 11) is 0. The zero-order valence-corrected chi connectivity index (χ0v) is 17.3. The number of morpholine rings is 1. The Labute approximate surface area is 173 Å². The second kappa shape index (κ2) is 10.5. The van der Waals surface area contributed by atoms with Crippen LogP contribution in [0.5, 0.6) is 5.75 Å². The molecular weight excluding hydrogens is 441 g/mol. The van der Waals surface area contributed by atoms with Gasteiger partial charge in [-0.05, 0) is 29.8 Å². The van der Waals surface area contributed by atoms with Crippen LogP contribution in [0.1, 0.15) is 11.7 Å². The first kappa shape index (κ1) is 21.5. The average molecular weight is 463 g/mol. The molecule has 0 aromatic heterocycles. The Kier molecular flexibility index (Phi) is 8.67. The molecule has 3 rings (SSSR count). The van der Waals surface area contributed by atoms with Gasteiger partial charge in [-0.15, -0.1) is 12.4 Å². The molecule has 2 aromatic carbocycles. The summed E-state index contributed by atoms with van der Waals surface area (Å²) in [6.07, 6.45) is -0.557. The van der Waals surface area contributed by atoms with E-state index in [-0.39, 0.29) is 25.1 Å². The van der Waals surface area contributed by atoms with Crippen molar-refractivity contribution >= 4 is 39.9 Å². The highest BCUT2D eigenvalue weighted by Crippen LogP contribution is 2.25. The van der Waals surface area contributed by atoms with Crippen molar-refractivity contribution in [1.82, 2.24) is 4.90 Å². The minimum atomic E-state index is -0.583. The van der Waals surface area contributed by atoms with Gasteiger partial charge in [-0.3, -0.25) is 4.90 Å². The second-order valence-corrected chi connectivity index (χ2v) is 7.39. The van der Waals surface area contributed by atoms with Crippen molar-refractivity contribution in [2.45, 2.75) is 12.2 Å². The zero-order valence-electron chi connectivity index (χ0n) is 14.2. The summed E-state index contributed by atoms with van der Waals surface area (Å²) < 4.78 is 12.5. The molecule has 1 fully saturated rings. The number of hydrogen-bond acceptors (Lipinski definition) is 4. The molecule has 0 saturated carbocycles. The highest BCUT2D eigenvalue weighted by molar-refractivity contribution is 9.10. The van der Waals surface area contributed by atoms with Gasteiger partial charge in [0.05, 0.1) is 17.7 Å². The maximum Gasteiger partial charge on any atom is 0.138 e. The predicted molar refractivity (Wildman–Crippen MR) is 109 cm³/mol. The van der Waals surface area contributed by atoms with Gasteiger partial charge in [0, 0.05) is 24.1 Å². The van der Waals surface area contributed by atoms with Crippen molar-refractivity contribution in [2.24, 2.45) is 0 Å². The van der Waals surface area contributed by atoms with Crippen LogP contribution in [0.3, 0.4) is 0 Å². The molecule has 1 heterocycles. The molecule has 0 bridgehead atoms. The number of hydrogen-bond donors (Lipinski definition) is 1. The number of benzene rings is 2. The Bertz CT molecular complexity index is 687. The largest absolute Gasteiger partial charge is 0.489 e. The topological polar surface area (TPSA) is 41.9 Å². The summed E-state index contributed by atoms with van der Waals surface area (Å²) in [5.41, 5.74) is 1.15. The molecule has 2 unspecified atom stereocenters. The summed E-state index contributed by atoms with van der Waals surface area (Å²) in [5, 5.41) is 10.8. The molecule has 1 saturated heterocycles. The Morgan fingerprint density at radius 1 is 1.23 bits per heavy atom. The fraction of sp³-hybridized carbons (Fsp3) is 0.368. The van der Waals surface area contributed by atoms with Gasteiger partial charge >= 0.3 is 0 Å². The number of aliphatic hydroxyl groups excluding tert-OH is 1. The maximum atomic E-state index is 10.3. The first-order valence-corrected chi connectivity index (χ1v) is 9.44. The monoisotopic (exact) mass is 461 g/mol. The van der Waals surface area contributed by atoms with E-state index < -0.39 is 6.10 Å². The number of rotatable bonds is 6. The summed E-state index contributed by atoms with van der Waals surface area (Å²) in [6, 6.07) is 15.4. The van der Waals surface area contributed by atoms with Gasteiger partial charge < -0.3 is 14.6 Å². The molecule has 1 aliphatic rings. The highest BCUT2D eigenvalue weighted by Gasteiger charge is 2.23. The SMILES string of the molecule is Cl.OC(COc1ccccc1Cl)CN1CCOC(c2ccc(Br)cc2)C1. The van der Waals surface area contributed by atoms with Crippen molar-refractivity contribution < 1.29 is 14.6 Å². The number of aliphatic hydroxyl groups is 1. The van der Waals surface area contributed by atoms with Crippen LogP contribution < -0.4 is 4.74 Å². The van der Waals surface area contributed by atoms with E-state index in [9.17, 15) is 5.11 Å². The van der Waals surface area contributed by atoms with Crippen molar-refractivity contribution in [1.29, 1.82) is 0 Å². The normalized spacial score (nSPS) is 18.8. The fourth-order valence-corrected chi connectivity index (χ4v) is 3.30. The molecule has 2 aromatic rings. The molecule has 0 aliphatic carbocycles. The second-order valence-electron chi connectivity index (χ2n) is 6.07. The molecule has 0 amide bonds. The van der Waals surface area contributed by atoms with Gasteiger partial charge in [-0.25, -0.2) is 0 Å². The number of para-hydroxylation sites is 1. The van der Waals surface area contributed by atoms with E-state index in [0.29, 0.717) is 23.9 Å². The van der Waals surface area contributed by atoms with E-state index in [4.69, 9.17) is 21.1 Å². The summed E-state index contributed by atoms with van der Waals surface area (Å²) in [6.45, 7) is 2.96. The molecule has 26 heavy (non-hydrogen) atoms. The predicted octanol–water partition coefficient (Wildman–Crippen LogP) is 4.34. The van der Waals surface area contributed by atoms with Gasteiger partial charge in [-0.2, -0.15) is 0 Å². The van der Waals surface area contributed by atoms with Crippen LogP contribution in [0, 0.1) is 0 Å². The van der Waals surface area contributed by atoms with E-state index in [1.54, 1.807) is 12.1 Å². The van der Waals surface area contributed by atoms with Crippen LogP contribution in [0.25, 0.3) is 0 Å². The molecule has 2 atom stereocenters. The molecule has 0 spiro atoms. The van der Waals surface area contributed by atoms with Crippen molar-refractivity contribution in [3.05, 3.63) is 63.6 Å². The molecule has 7 heteroatoms. The molecule has 1 aliphatic heterocycles. The minimum absolute atomic E-state index is 0. The first-order chi connectivity index (χ1) is 12.1. The Hall–Kier alpha value is -0.820. The van der Waals surface area contributed by atoms with Crippen LogP contribution in [0.2, 0.25) is 5.02 Å². The van der Waals surface area contributed by atoms with E-state index in [1.165, 1.54) is 0 Å². The first-order valence-electron chi connectivity index (χ1n) is 8.26. The molecule has 4 nitrogen and oxygen atoms in total. The van der Waals surface area contributed by atoms with Crippen LogP contribution in [0.4, 0.5) is 0 Å². The van der Waals surface area contributed by atoms with E-state index >= 15 is 0 Å². The standard InChI is InChI=1S/C19H21BrClNO3.ClH/c20-15-7-5-14(6-8-15)19-12-22(9-10-24-19)11-16(23)13-25-18-4-2-1-3-17(18)21;/h1-8,16,19,23H,9-13H2;1H. The molecule has 142 valence electrons. The van der Waals surface area contributed by atoms with E-state index in [1.807, 2.05) is 24.3 Å². The zero-order chi connectivity index (χ0) is 17.6. The van der Waals surface area contributed by atoms with Crippen LogP contribution in [-0.2, 0) is 4.74 Å². The minimum Gasteiger partial charge on any atom is -0.489 e. The highest BCUT2D eigenvalue weighted by atomic mass is 79.9. The fourth-order valence-electron chi connectivity index (χ4n) is 2.85. The Balaban J connectivity index is 0.00000243. The maximum absolute atomic E-state index is 10.3. The van der Waals surface area contributed by atoms with Crippen LogP contribution in [0.15, 0.2) is 53.0 Å². The number of halogens is 3. The van der Waals surface area contributed by atoms with E-state index in [2.05, 4.69) is 33.0 Å². The molecular formula is C19H22BrCl2NO3. The molecule has 1 N–H and O–H groups in total.